The van der Waals surface area contributed by atoms with E-state index < -0.39 is 0 Å². The molecule has 0 amide bonds. The number of carbonyl (C=O) groups excluding carboxylic acids is 1. The highest BCUT2D eigenvalue weighted by molar-refractivity contribution is 6.29. The van der Waals surface area contributed by atoms with E-state index in [1.54, 1.807) is 16.8 Å². The quantitative estimate of drug-likeness (QED) is 0.694. The number of aromatic nitrogens is 3. The van der Waals surface area contributed by atoms with Crippen molar-refractivity contribution in [1.82, 2.24) is 14.6 Å². The molecule has 0 saturated carbocycles. The van der Waals surface area contributed by atoms with Crippen molar-refractivity contribution in [2.75, 3.05) is 6.61 Å². The van der Waals surface area contributed by atoms with Gasteiger partial charge in [-0.25, -0.2) is 9.50 Å². The van der Waals surface area contributed by atoms with Crippen LogP contribution < -0.4 is 0 Å². The molecule has 0 fully saturated rings. The fourth-order valence-corrected chi connectivity index (χ4v) is 2.39. The average molecular weight is 316 g/mol. The maximum atomic E-state index is 10.8. The van der Waals surface area contributed by atoms with E-state index in [0.717, 1.165) is 22.5 Å². The number of fused-ring (bicyclic) bond motifs is 1. The molecule has 0 aliphatic carbocycles. The lowest BCUT2D eigenvalue weighted by molar-refractivity contribution is -0.140. The summed E-state index contributed by atoms with van der Waals surface area (Å²) in [6.07, 6.45) is 2.43. The first-order chi connectivity index (χ1) is 10.6. The molecule has 3 rings (SSSR count). The minimum absolute atomic E-state index is 0.267. The first kappa shape index (κ1) is 14.5. The molecule has 0 radical (unpaired) electrons. The molecule has 5 nitrogen and oxygen atoms in total. The molecule has 0 saturated heterocycles. The molecule has 0 N–H and O–H groups in total. The van der Waals surface area contributed by atoms with Crippen molar-refractivity contribution in [3.05, 3.63) is 53.3 Å². The highest BCUT2D eigenvalue weighted by Crippen LogP contribution is 2.22. The monoisotopic (exact) mass is 315 g/mol. The maximum absolute atomic E-state index is 10.8. The second kappa shape index (κ2) is 6.15. The summed E-state index contributed by atoms with van der Waals surface area (Å²) in [6.45, 7) is 1.78. The number of carbonyl (C=O) groups is 1. The Balaban J connectivity index is 1.90. The highest BCUT2D eigenvalue weighted by atomic mass is 35.5. The van der Waals surface area contributed by atoms with Crippen molar-refractivity contribution in [2.45, 2.75) is 13.3 Å². The molecule has 2 heterocycles. The lowest BCUT2D eigenvalue weighted by Gasteiger charge is -2.06. The fourth-order valence-electron chi connectivity index (χ4n) is 2.25. The smallest absolute Gasteiger partial charge is 0.302 e. The number of hydrogen-bond acceptors (Lipinski definition) is 4. The van der Waals surface area contributed by atoms with Crippen molar-refractivity contribution in [3.63, 3.8) is 0 Å². The van der Waals surface area contributed by atoms with E-state index in [4.69, 9.17) is 16.3 Å². The van der Waals surface area contributed by atoms with Crippen LogP contribution in [0.1, 0.15) is 12.5 Å². The predicted octanol–water partition coefficient (Wildman–Crippen LogP) is 3.16. The molecule has 22 heavy (non-hydrogen) atoms. The lowest BCUT2D eigenvalue weighted by Crippen LogP contribution is -2.03. The standard InChI is InChI=1S/C16H14ClN3O2/c1-11(21)22-8-7-12-3-2-4-13(9-12)14-10-18-16-6-5-15(17)19-20(14)16/h2-6,9-10H,7-8H2,1H3. The van der Waals surface area contributed by atoms with Gasteiger partial charge in [0.1, 0.15) is 5.15 Å². The highest BCUT2D eigenvalue weighted by Gasteiger charge is 2.08. The number of nitrogens with zero attached hydrogens (tertiary/aromatic N) is 3. The first-order valence-electron chi connectivity index (χ1n) is 6.86. The number of ether oxygens (including phenoxy) is 1. The van der Waals surface area contributed by atoms with Gasteiger partial charge in [0.25, 0.3) is 0 Å². The van der Waals surface area contributed by atoms with Gasteiger partial charge in [-0.15, -0.1) is 0 Å². The van der Waals surface area contributed by atoms with Gasteiger partial charge in [-0.05, 0) is 23.8 Å². The lowest BCUT2D eigenvalue weighted by atomic mass is 10.1. The summed E-state index contributed by atoms with van der Waals surface area (Å²) in [5.74, 6) is -0.267. The maximum Gasteiger partial charge on any atom is 0.302 e. The number of hydrogen-bond donors (Lipinski definition) is 0. The van der Waals surface area contributed by atoms with Gasteiger partial charge < -0.3 is 4.74 Å². The summed E-state index contributed by atoms with van der Waals surface area (Å²) in [6, 6.07) is 11.5. The van der Waals surface area contributed by atoms with E-state index in [9.17, 15) is 4.79 Å². The third kappa shape index (κ3) is 3.09. The zero-order valence-corrected chi connectivity index (χ0v) is 12.7. The summed E-state index contributed by atoms with van der Waals surface area (Å²) >= 11 is 5.96. The Morgan fingerprint density at radius 1 is 1.32 bits per heavy atom. The van der Waals surface area contributed by atoms with Crippen molar-refractivity contribution in [1.29, 1.82) is 0 Å². The molecule has 3 aromatic rings. The van der Waals surface area contributed by atoms with Crippen LogP contribution in [0.5, 0.6) is 0 Å². The Bertz CT molecular complexity index is 829. The zero-order chi connectivity index (χ0) is 15.5. The van der Waals surface area contributed by atoms with Crippen molar-refractivity contribution < 1.29 is 9.53 Å². The minimum atomic E-state index is -0.267. The van der Waals surface area contributed by atoms with Crippen molar-refractivity contribution in [2.24, 2.45) is 0 Å². The topological polar surface area (TPSA) is 56.5 Å². The number of halogens is 1. The molecule has 0 unspecified atom stereocenters. The van der Waals surface area contributed by atoms with Gasteiger partial charge in [0.15, 0.2) is 5.65 Å². The minimum Gasteiger partial charge on any atom is -0.466 e. The van der Waals surface area contributed by atoms with Gasteiger partial charge in [-0.1, -0.05) is 29.8 Å². The van der Waals surface area contributed by atoms with Crippen LogP contribution in [0, 0.1) is 0 Å². The molecule has 0 aliphatic heterocycles. The molecule has 0 atom stereocenters. The van der Waals surface area contributed by atoms with E-state index >= 15 is 0 Å². The normalized spacial score (nSPS) is 10.8. The predicted molar refractivity (Wildman–Crippen MR) is 83.8 cm³/mol. The molecule has 6 heteroatoms. The molecule has 112 valence electrons. The van der Waals surface area contributed by atoms with E-state index in [0.29, 0.717) is 18.2 Å². The van der Waals surface area contributed by atoms with Gasteiger partial charge >= 0.3 is 5.97 Å². The van der Waals surface area contributed by atoms with Gasteiger partial charge in [0, 0.05) is 18.9 Å². The average Bonchev–Trinajstić information content (AvgIpc) is 2.90. The van der Waals surface area contributed by atoms with Crippen LogP contribution in [-0.2, 0) is 16.0 Å². The van der Waals surface area contributed by atoms with Gasteiger partial charge in [0.05, 0.1) is 18.5 Å². The van der Waals surface area contributed by atoms with Crippen LogP contribution >= 0.6 is 11.6 Å². The molecule has 0 bridgehead atoms. The molecule has 0 aliphatic rings. The van der Waals surface area contributed by atoms with Gasteiger partial charge in [-0.3, -0.25) is 4.79 Å². The second-order valence-electron chi connectivity index (χ2n) is 4.86. The Morgan fingerprint density at radius 3 is 3.00 bits per heavy atom. The second-order valence-corrected chi connectivity index (χ2v) is 5.25. The summed E-state index contributed by atoms with van der Waals surface area (Å²) < 4.78 is 6.69. The Kier molecular flexibility index (Phi) is 4.06. The van der Waals surface area contributed by atoms with Crippen LogP contribution in [-0.4, -0.2) is 27.2 Å². The van der Waals surface area contributed by atoms with E-state index in [1.807, 2.05) is 30.3 Å². The van der Waals surface area contributed by atoms with Gasteiger partial charge in [0.2, 0.25) is 0 Å². The SMILES string of the molecule is CC(=O)OCCc1cccc(-c2cnc3ccc(Cl)nn23)c1. The third-order valence-electron chi connectivity index (χ3n) is 3.25. The summed E-state index contributed by atoms with van der Waals surface area (Å²) in [5, 5.41) is 4.69. The van der Waals surface area contributed by atoms with Crippen LogP contribution in [0.2, 0.25) is 5.15 Å². The first-order valence-corrected chi connectivity index (χ1v) is 7.24. The van der Waals surface area contributed by atoms with E-state index in [1.165, 1.54) is 6.92 Å². The van der Waals surface area contributed by atoms with Crippen molar-refractivity contribution in [3.8, 4) is 11.3 Å². The van der Waals surface area contributed by atoms with Crippen LogP contribution in [0.25, 0.3) is 16.9 Å². The molecule has 2 aromatic heterocycles. The largest absolute Gasteiger partial charge is 0.466 e. The van der Waals surface area contributed by atoms with E-state index in [2.05, 4.69) is 10.1 Å². The number of rotatable bonds is 4. The summed E-state index contributed by atoms with van der Waals surface area (Å²) in [7, 11) is 0. The third-order valence-corrected chi connectivity index (χ3v) is 3.45. The summed E-state index contributed by atoms with van der Waals surface area (Å²) in [4.78, 5) is 15.1. The molecular formula is C16H14ClN3O2. The Labute approximate surface area is 132 Å². The Morgan fingerprint density at radius 2 is 2.18 bits per heavy atom. The molecule has 1 aromatic carbocycles. The van der Waals surface area contributed by atoms with Crippen LogP contribution in [0.4, 0.5) is 0 Å². The zero-order valence-electron chi connectivity index (χ0n) is 12.0. The van der Waals surface area contributed by atoms with Crippen LogP contribution in [0.15, 0.2) is 42.6 Å². The number of benzene rings is 1. The van der Waals surface area contributed by atoms with Crippen LogP contribution in [0.3, 0.4) is 0 Å². The summed E-state index contributed by atoms with van der Waals surface area (Å²) in [5.41, 5.74) is 3.68. The van der Waals surface area contributed by atoms with Crippen molar-refractivity contribution >= 4 is 23.2 Å². The fraction of sp³-hybridized carbons (Fsp3) is 0.188. The van der Waals surface area contributed by atoms with Gasteiger partial charge in [-0.2, -0.15) is 5.10 Å². The molecule has 0 spiro atoms. The number of imidazole rings is 1. The number of esters is 1. The van der Waals surface area contributed by atoms with E-state index in [-0.39, 0.29) is 5.97 Å². The Hall–Kier alpha value is -2.40. The molecular weight excluding hydrogens is 302 g/mol.